The molecule has 0 saturated heterocycles. The lowest BCUT2D eigenvalue weighted by molar-refractivity contribution is -0.123. The maximum Gasteiger partial charge on any atom is 0.343 e. The van der Waals surface area contributed by atoms with Crippen molar-refractivity contribution < 1.29 is 42.7 Å². The lowest BCUT2D eigenvalue weighted by Crippen LogP contribution is -2.24. The zero-order valence-corrected chi connectivity index (χ0v) is 21.6. The number of hydrazone groups is 1. The molecule has 0 aliphatic rings. The summed E-state index contributed by atoms with van der Waals surface area (Å²) < 4.78 is 37.2. The van der Waals surface area contributed by atoms with E-state index in [0.717, 1.165) is 0 Å². The number of nitrogens with zero attached hydrogens (tertiary/aromatic N) is 1. The van der Waals surface area contributed by atoms with E-state index >= 15 is 0 Å². The fraction of sp³-hybridized carbons (Fsp3) is 0.222. The van der Waals surface area contributed by atoms with Crippen LogP contribution in [0.2, 0.25) is 0 Å². The zero-order valence-electron chi connectivity index (χ0n) is 21.6. The fourth-order valence-corrected chi connectivity index (χ4v) is 3.24. The van der Waals surface area contributed by atoms with E-state index in [9.17, 15) is 9.59 Å². The lowest BCUT2D eigenvalue weighted by atomic mass is 10.1. The summed E-state index contributed by atoms with van der Waals surface area (Å²) in [6.45, 7) is -0.219. The maximum atomic E-state index is 12.8. The van der Waals surface area contributed by atoms with E-state index in [0.29, 0.717) is 34.3 Å². The Morgan fingerprint density at radius 3 is 1.95 bits per heavy atom. The molecule has 0 bridgehead atoms. The van der Waals surface area contributed by atoms with Crippen molar-refractivity contribution >= 4 is 18.1 Å². The number of hydrogen-bond donors (Lipinski definition) is 1. The molecular formula is C27H28N2O9. The van der Waals surface area contributed by atoms with E-state index in [1.54, 1.807) is 49.6 Å². The van der Waals surface area contributed by atoms with Crippen LogP contribution in [0.3, 0.4) is 0 Å². The summed E-state index contributed by atoms with van der Waals surface area (Å²) in [5.41, 5.74) is 3.16. The van der Waals surface area contributed by atoms with Crippen molar-refractivity contribution in [2.75, 3.05) is 42.2 Å². The Balaban J connectivity index is 1.62. The Morgan fingerprint density at radius 1 is 0.737 bits per heavy atom. The van der Waals surface area contributed by atoms with Crippen molar-refractivity contribution in [3.63, 3.8) is 0 Å². The molecule has 0 unspecified atom stereocenters. The van der Waals surface area contributed by atoms with Crippen molar-refractivity contribution in [3.8, 4) is 40.2 Å². The van der Waals surface area contributed by atoms with Gasteiger partial charge in [-0.05, 0) is 60.2 Å². The Bertz CT molecular complexity index is 1270. The van der Waals surface area contributed by atoms with E-state index < -0.39 is 11.9 Å². The second-order valence-corrected chi connectivity index (χ2v) is 7.47. The first kappa shape index (κ1) is 27.7. The first-order valence-electron chi connectivity index (χ1n) is 11.2. The van der Waals surface area contributed by atoms with Gasteiger partial charge in [0.1, 0.15) is 11.5 Å². The van der Waals surface area contributed by atoms with Gasteiger partial charge in [0.05, 0.1) is 47.3 Å². The average Bonchev–Trinajstić information content (AvgIpc) is 2.95. The topological polar surface area (TPSA) is 123 Å². The van der Waals surface area contributed by atoms with Gasteiger partial charge < -0.3 is 33.2 Å². The van der Waals surface area contributed by atoms with Crippen molar-refractivity contribution in [3.05, 3.63) is 65.7 Å². The summed E-state index contributed by atoms with van der Waals surface area (Å²) in [6.07, 6.45) is 1.42. The Hall–Kier alpha value is -4.93. The Labute approximate surface area is 219 Å². The minimum atomic E-state index is -0.659. The lowest BCUT2D eigenvalue weighted by Gasteiger charge is -2.14. The highest BCUT2D eigenvalue weighted by Crippen LogP contribution is 2.38. The predicted octanol–water partition coefficient (Wildman–Crippen LogP) is 3.48. The van der Waals surface area contributed by atoms with Crippen LogP contribution in [-0.2, 0) is 4.79 Å². The molecule has 1 N–H and O–H groups in total. The fourth-order valence-electron chi connectivity index (χ4n) is 3.24. The summed E-state index contributed by atoms with van der Waals surface area (Å²) in [5.74, 6) is 1.54. The molecule has 0 saturated carbocycles. The number of methoxy groups -OCH3 is 5. The van der Waals surface area contributed by atoms with Crippen molar-refractivity contribution in [2.45, 2.75) is 0 Å². The molecule has 3 aromatic carbocycles. The quantitative estimate of drug-likeness (QED) is 0.164. The number of carbonyl (C=O) groups excluding carboxylic acids is 2. The summed E-state index contributed by atoms with van der Waals surface area (Å²) in [7, 11) is 7.37. The molecule has 1 amide bonds. The summed E-state index contributed by atoms with van der Waals surface area (Å²) in [5, 5.41) is 3.92. The third-order valence-corrected chi connectivity index (χ3v) is 5.12. The smallest absolute Gasteiger partial charge is 0.343 e. The molecule has 0 spiro atoms. The van der Waals surface area contributed by atoms with Crippen LogP contribution in [0.5, 0.6) is 40.2 Å². The number of nitrogens with one attached hydrogen (secondary N) is 1. The zero-order chi connectivity index (χ0) is 27.5. The standard InChI is InChI=1S/C27H28N2O9/c1-32-19-7-9-20(10-8-19)37-16-25(30)29-28-15-17-6-11-21(22(12-17)33-2)38-27(31)18-13-23(34-3)26(36-5)24(14-18)35-4/h6-15H,16H2,1-5H3,(H,29,30)/b28-15+. The molecule has 11 nitrogen and oxygen atoms in total. The monoisotopic (exact) mass is 524 g/mol. The first-order valence-corrected chi connectivity index (χ1v) is 11.2. The number of hydrogen-bond acceptors (Lipinski definition) is 10. The second kappa shape index (κ2) is 13.4. The molecule has 0 aliphatic carbocycles. The molecule has 0 heterocycles. The first-order chi connectivity index (χ1) is 18.4. The van der Waals surface area contributed by atoms with Gasteiger partial charge in [-0.3, -0.25) is 4.79 Å². The van der Waals surface area contributed by atoms with Crippen LogP contribution in [-0.4, -0.2) is 60.2 Å². The molecule has 11 heteroatoms. The molecular weight excluding hydrogens is 496 g/mol. The molecule has 200 valence electrons. The minimum absolute atomic E-state index is 0.181. The van der Waals surface area contributed by atoms with Crippen molar-refractivity contribution in [1.82, 2.24) is 5.43 Å². The number of benzene rings is 3. The van der Waals surface area contributed by atoms with Gasteiger partial charge in [-0.15, -0.1) is 0 Å². The number of amides is 1. The van der Waals surface area contributed by atoms with E-state index in [1.165, 1.54) is 46.8 Å². The predicted molar refractivity (Wildman–Crippen MR) is 138 cm³/mol. The van der Waals surface area contributed by atoms with Gasteiger partial charge in [0.2, 0.25) is 5.75 Å². The summed E-state index contributed by atoms with van der Waals surface area (Å²) in [4.78, 5) is 24.8. The highest BCUT2D eigenvalue weighted by Gasteiger charge is 2.19. The van der Waals surface area contributed by atoms with E-state index in [-0.39, 0.29) is 23.7 Å². The molecule has 0 atom stereocenters. The van der Waals surface area contributed by atoms with Gasteiger partial charge in [-0.2, -0.15) is 5.10 Å². The largest absolute Gasteiger partial charge is 0.497 e. The van der Waals surface area contributed by atoms with Crippen LogP contribution in [0.1, 0.15) is 15.9 Å². The molecule has 38 heavy (non-hydrogen) atoms. The van der Waals surface area contributed by atoms with Gasteiger partial charge in [-0.1, -0.05) is 0 Å². The van der Waals surface area contributed by atoms with Gasteiger partial charge >= 0.3 is 5.97 Å². The molecule has 0 radical (unpaired) electrons. The van der Waals surface area contributed by atoms with Crippen LogP contribution in [0.4, 0.5) is 0 Å². The van der Waals surface area contributed by atoms with Crippen LogP contribution < -0.4 is 38.6 Å². The normalized spacial score (nSPS) is 10.4. The van der Waals surface area contributed by atoms with E-state index in [2.05, 4.69) is 10.5 Å². The van der Waals surface area contributed by atoms with Crippen LogP contribution in [0.25, 0.3) is 0 Å². The van der Waals surface area contributed by atoms with Gasteiger partial charge in [-0.25, -0.2) is 10.2 Å². The van der Waals surface area contributed by atoms with Crippen LogP contribution in [0, 0.1) is 0 Å². The van der Waals surface area contributed by atoms with Crippen molar-refractivity contribution in [1.29, 1.82) is 0 Å². The van der Waals surface area contributed by atoms with Crippen molar-refractivity contribution in [2.24, 2.45) is 5.10 Å². The number of rotatable bonds is 12. The summed E-state index contributed by atoms with van der Waals surface area (Å²) >= 11 is 0. The molecule has 3 aromatic rings. The second-order valence-electron chi connectivity index (χ2n) is 7.47. The third kappa shape index (κ3) is 7.06. The third-order valence-electron chi connectivity index (χ3n) is 5.12. The SMILES string of the molecule is COc1ccc(OCC(=O)N/N=C/c2ccc(OC(=O)c3cc(OC)c(OC)c(OC)c3)c(OC)c2)cc1. The van der Waals surface area contributed by atoms with Gasteiger partial charge in [0.15, 0.2) is 29.6 Å². The van der Waals surface area contributed by atoms with E-state index in [4.69, 9.17) is 33.2 Å². The number of ether oxygens (including phenoxy) is 7. The highest BCUT2D eigenvalue weighted by atomic mass is 16.6. The maximum absolute atomic E-state index is 12.8. The molecule has 0 aromatic heterocycles. The number of carbonyl (C=O) groups is 2. The van der Waals surface area contributed by atoms with Gasteiger partial charge in [0.25, 0.3) is 5.91 Å². The molecule has 0 fully saturated rings. The summed E-state index contributed by atoms with van der Waals surface area (Å²) in [6, 6.07) is 14.6. The Kier molecular flexibility index (Phi) is 9.75. The Morgan fingerprint density at radius 2 is 1.37 bits per heavy atom. The molecule has 0 aliphatic heterocycles. The highest BCUT2D eigenvalue weighted by molar-refractivity contribution is 5.93. The van der Waals surface area contributed by atoms with Gasteiger partial charge in [0, 0.05) is 0 Å². The number of esters is 1. The van der Waals surface area contributed by atoms with Crippen LogP contribution in [0.15, 0.2) is 59.7 Å². The van der Waals surface area contributed by atoms with Crippen LogP contribution >= 0.6 is 0 Å². The minimum Gasteiger partial charge on any atom is -0.497 e. The average molecular weight is 525 g/mol. The van der Waals surface area contributed by atoms with E-state index in [1.807, 2.05) is 0 Å². The molecule has 3 rings (SSSR count).